The third-order valence-corrected chi connectivity index (χ3v) is 4.05. The van der Waals surface area contributed by atoms with Gasteiger partial charge in [-0.15, -0.1) is 24.0 Å². The van der Waals surface area contributed by atoms with Crippen LogP contribution >= 0.6 is 24.0 Å². The molecule has 0 bridgehead atoms. The highest BCUT2D eigenvalue weighted by Crippen LogP contribution is 2.15. The van der Waals surface area contributed by atoms with E-state index in [-0.39, 0.29) is 24.0 Å². The molecule has 0 aliphatic carbocycles. The first-order chi connectivity index (χ1) is 11.5. The molecule has 0 aliphatic rings. The zero-order valence-corrected chi connectivity index (χ0v) is 17.7. The minimum absolute atomic E-state index is 0. The van der Waals surface area contributed by atoms with Gasteiger partial charge >= 0.3 is 0 Å². The Bertz CT molecular complexity index is 711. The molecule has 0 spiro atoms. The predicted molar refractivity (Wildman–Crippen MR) is 114 cm³/mol. The van der Waals surface area contributed by atoms with Crippen LogP contribution in [-0.4, -0.2) is 29.5 Å². The minimum Gasteiger partial charge on any atom is -0.383 e. The number of nitrogens with two attached hydrogens (primary N) is 1. The lowest BCUT2D eigenvalue weighted by Crippen LogP contribution is -2.22. The van der Waals surface area contributed by atoms with Crippen molar-refractivity contribution in [1.82, 2.24) is 9.78 Å². The summed E-state index contributed by atoms with van der Waals surface area (Å²) in [6.45, 7) is 8.07. The standard InChI is InChI=1S/C18H27N5O.HI/c1-5-15-7-6-8-16(11-15)21-18(19)20-12-17-13(2)22-23(14(17)3)9-10-24-4;/h6-8,11H,5,9-10,12H2,1-4H3,(H3,19,20,21);1H. The van der Waals surface area contributed by atoms with Gasteiger partial charge in [0.1, 0.15) is 0 Å². The topological polar surface area (TPSA) is 77.5 Å². The summed E-state index contributed by atoms with van der Waals surface area (Å²) in [6.07, 6.45) is 0.992. The third-order valence-electron chi connectivity index (χ3n) is 4.05. The van der Waals surface area contributed by atoms with Crippen molar-refractivity contribution in [3.63, 3.8) is 0 Å². The van der Waals surface area contributed by atoms with Crippen molar-refractivity contribution in [3.8, 4) is 0 Å². The van der Waals surface area contributed by atoms with Gasteiger partial charge in [0, 0.05) is 24.1 Å². The van der Waals surface area contributed by atoms with Crippen molar-refractivity contribution in [1.29, 1.82) is 0 Å². The third kappa shape index (κ3) is 6.00. The van der Waals surface area contributed by atoms with Gasteiger partial charge in [-0.3, -0.25) is 4.68 Å². The van der Waals surface area contributed by atoms with Crippen LogP contribution in [0.5, 0.6) is 0 Å². The number of hydrogen-bond acceptors (Lipinski definition) is 3. The number of halogens is 1. The SMILES string of the molecule is CCc1cccc(NC(N)=NCc2c(C)nn(CCOC)c2C)c1.I. The van der Waals surface area contributed by atoms with Gasteiger partial charge in [-0.25, -0.2) is 4.99 Å². The molecule has 2 rings (SSSR count). The average Bonchev–Trinajstić information content (AvgIpc) is 2.85. The van der Waals surface area contributed by atoms with Crippen LogP contribution in [0, 0.1) is 13.8 Å². The fourth-order valence-corrected chi connectivity index (χ4v) is 2.58. The van der Waals surface area contributed by atoms with E-state index in [9.17, 15) is 0 Å². The number of anilines is 1. The second kappa shape index (κ2) is 10.4. The summed E-state index contributed by atoms with van der Waals surface area (Å²) in [7, 11) is 1.69. The zero-order chi connectivity index (χ0) is 17.5. The number of hydrogen-bond donors (Lipinski definition) is 2. The smallest absolute Gasteiger partial charge is 0.193 e. The fraction of sp³-hybridized carbons (Fsp3) is 0.444. The van der Waals surface area contributed by atoms with Crippen molar-refractivity contribution in [3.05, 3.63) is 46.8 Å². The summed E-state index contributed by atoms with van der Waals surface area (Å²) in [4.78, 5) is 4.46. The summed E-state index contributed by atoms with van der Waals surface area (Å²) in [5, 5.41) is 7.69. The van der Waals surface area contributed by atoms with Crippen LogP contribution in [0.3, 0.4) is 0 Å². The zero-order valence-electron chi connectivity index (χ0n) is 15.4. The van der Waals surface area contributed by atoms with Gasteiger partial charge in [0.2, 0.25) is 0 Å². The lowest BCUT2D eigenvalue weighted by Gasteiger charge is -2.07. The number of aryl methyl sites for hydroxylation is 2. The lowest BCUT2D eigenvalue weighted by molar-refractivity contribution is 0.182. The molecule has 0 amide bonds. The Hall–Kier alpha value is -1.61. The molecule has 0 unspecified atom stereocenters. The van der Waals surface area contributed by atoms with Gasteiger partial charge in [-0.2, -0.15) is 5.10 Å². The van der Waals surface area contributed by atoms with Gasteiger partial charge < -0.3 is 15.8 Å². The van der Waals surface area contributed by atoms with Crippen LogP contribution < -0.4 is 11.1 Å². The number of benzene rings is 1. The average molecular weight is 457 g/mol. The first-order valence-electron chi connectivity index (χ1n) is 8.22. The van der Waals surface area contributed by atoms with Gasteiger partial charge in [0.25, 0.3) is 0 Å². The number of methoxy groups -OCH3 is 1. The molecule has 1 heterocycles. The molecule has 1 aromatic heterocycles. The number of aliphatic imine (C=N–C) groups is 1. The van der Waals surface area contributed by atoms with E-state index in [1.54, 1.807) is 7.11 Å². The number of aromatic nitrogens is 2. The van der Waals surface area contributed by atoms with Gasteiger partial charge in [0.05, 0.1) is 25.4 Å². The van der Waals surface area contributed by atoms with E-state index in [0.717, 1.165) is 35.6 Å². The normalized spacial score (nSPS) is 11.3. The van der Waals surface area contributed by atoms with E-state index in [1.165, 1.54) is 5.56 Å². The Balaban J connectivity index is 0.00000312. The molecule has 7 heteroatoms. The molecule has 25 heavy (non-hydrogen) atoms. The summed E-state index contributed by atoms with van der Waals surface area (Å²) in [5.41, 5.74) is 11.4. The van der Waals surface area contributed by atoms with E-state index in [1.807, 2.05) is 23.7 Å². The highest BCUT2D eigenvalue weighted by Gasteiger charge is 2.11. The van der Waals surface area contributed by atoms with Crippen LogP contribution in [0.4, 0.5) is 5.69 Å². The molecule has 0 fully saturated rings. The molecular formula is C18H28IN5O. The summed E-state index contributed by atoms with van der Waals surface area (Å²) in [6, 6.07) is 8.19. The number of nitrogens with one attached hydrogen (secondary N) is 1. The van der Waals surface area contributed by atoms with E-state index >= 15 is 0 Å². The molecule has 0 saturated heterocycles. The Morgan fingerprint density at radius 1 is 1.36 bits per heavy atom. The molecule has 1 aromatic carbocycles. The van der Waals surface area contributed by atoms with Crippen molar-refractivity contribution in [2.75, 3.05) is 19.0 Å². The van der Waals surface area contributed by atoms with Crippen LogP contribution in [0.25, 0.3) is 0 Å². The van der Waals surface area contributed by atoms with E-state index in [0.29, 0.717) is 19.1 Å². The summed E-state index contributed by atoms with van der Waals surface area (Å²) in [5.74, 6) is 0.409. The number of nitrogens with zero attached hydrogens (tertiary/aromatic N) is 3. The highest BCUT2D eigenvalue weighted by molar-refractivity contribution is 14.0. The lowest BCUT2D eigenvalue weighted by atomic mass is 10.1. The summed E-state index contributed by atoms with van der Waals surface area (Å²) < 4.78 is 7.07. The molecule has 0 saturated carbocycles. The maximum absolute atomic E-state index is 6.02. The van der Waals surface area contributed by atoms with Gasteiger partial charge in [-0.05, 0) is 38.0 Å². The number of guanidine groups is 1. The second-order valence-corrected chi connectivity index (χ2v) is 5.75. The van der Waals surface area contributed by atoms with Crippen molar-refractivity contribution in [2.45, 2.75) is 40.3 Å². The molecule has 0 radical (unpaired) electrons. The van der Waals surface area contributed by atoms with E-state index < -0.39 is 0 Å². The molecule has 2 aromatic rings. The Morgan fingerprint density at radius 2 is 2.12 bits per heavy atom. The Labute approximate surface area is 166 Å². The second-order valence-electron chi connectivity index (χ2n) is 5.75. The molecule has 6 nitrogen and oxygen atoms in total. The first kappa shape index (κ1) is 21.4. The minimum atomic E-state index is 0. The quantitative estimate of drug-likeness (QED) is 0.380. The van der Waals surface area contributed by atoms with Crippen LogP contribution in [-0.2, 0) is 24.2 Å². The number of rotatable bonds is 7. The largest absolute Gasteiger partial charge is 0.383 e. The number of ether oxygens (including phenoxy) is 1. The van der Waals surface area contributed by atoms with Crippen LogP contribution in [0.15, 0.2) is 29.3 Å². The van der Waals surface area contributed by atoms with Crippen molar-refractivity contribution >= 4 is 35.6 Å². The first-order valence-corrected chi connectivity index (χ1v) is 8.22. The molecule has 3 N–H and O–H groups in total. The van der Waals surface area contributed by atoms with E-state index in [2.05, 4.69) is 41.4 Å². The monoisotopic (exact) mass is 457 g/mol. The van der Waals surface area contributed by atoms with Gasteiger partial charge in [-0.1, -0.05) is 19.1 Å². The van der Waals surface area contributed by atoms with Gasteiger partial charge in [0.15, 0.2) is 5.96 Å². The highest BCUT2D eigenvalue weighted by atomic mass is 127. The van der Waals surface area contributed by atoms with E-state index in [4.69, 9.17) is 10.5 Å². The van der Waals surface area contributed by atoms with Crippen molar-refractivity contribution < 1.29 is 4.74 Å². The summed E-state index contributed by atoms with van der Waals surface area (Å²) >= 11 is 0. The molecule has 138 valence electrons. The Kier molecular flexibility index (Phi) is 8.91. The Morgan fingerprint density at radius 3 is 2.80 bits per heavy atom. The molecule has 0 aliphatic heterocycles. The fourth-order valence-electron chi connectivity index (χ4n) is 2.58. The van der Waals surface area contributed by atoms with Crippen molar-refractivity contribution in [2.24, 2.45) is 10.7 Å². The molecule has 0 atom stereocenters. The van der Waals surface area contributed by atoms with Crippen LogP contribution in [0.1, 0.15) is 29.4 Å². The predicted octanol–water partition coefficient (Wildman–Crippen LogP) is 3.25. The van der Waals surface area contributed by atoms with Crippen LogP contribution in [0.2, 0.25) is 0 Å². The maximum atomic E-state index is 6.02. The maximum Gasteiger partial charge on any atom is 0.193 e. The molecular weight excluding hydrogens is 429 g/mol.